The summed E-state index contributed by atoms with van der Waals surface area (Å²) in [7, 11) is 0. The summed E-state index contributed by atoms with van der Waals surface area (Å²) < 4.78 is 2.30. The molecule has 4 nitrogen and oxygen atoms in total. The molecular weight excluding hydrogens is 354 g/mol. The van der Waals surface area contributed by atoms with Crippen LogP contribution in [0.15, 0.2) is 35.7 Å². The number of thiazole rings is 1. The van der Waals surface area contributed by atoms with Gasteiger partial charge < -0.3 is 10.3 Å². The maximum absolute atomic E-state index is 11.1. The summed E-state index contributed by atoms with van der Waals surface area (Å²) in [6.07, 6.45) is 1.14. The Hall–Kier alpha value is -2.11. The van der Waals surface area contributed by atoms with Crippen molar-refractivity contribution in [2.75, 3.05) is 0 Å². The molecular formula is C19H20ClN3OS. The maximum Gasteiger partial charge on any atom is 0.224 e. The number of hydrogen-bond acceptors (Lipinski definition) is 3. The first-order chi connectivity index (χ1) is 11.9. The quantitative estimate of drug-likeness (QED) is 0.705. The summed E-state index contributed by atoms with van der Waals surface area (Å²) in [6, 6.07) is 10.1. The molecule has 3 aromatic rings. The first-order valence-corrected chi connectivity index (χ1v) is 9.34. The standard InChI is InChI=1S/C19H20ClN3OS/c1-12-9-16(17-11-25-19(22-17)10-18(21)24)13(2)23(12)8-7-14-3-5-15(20)6-4-14/h3-6,9,11H,7-8,10H2,1-2H3,(H2,21,24). The first-order valence-electron chi connectivity index (χ1n) is 8.08. The summed E-state index contributed by atoms with van der Waals surface area (Å²) in [5, 5.41) is 3.51. The molecule has 0 bridgehead atoms. The fourth-order valence-corrected chi connectivity index (χ4v) is 3.89. The lowest BCUT2D eigenvalue weighted by molar-refractivity contribution is -0.117. The number of hydrogen-bond donors (Lipinski definition) is 1. The second-order valence-electron chi connectivity index (χ2n) is 6.08. The first kappa shape index (κ1) is 17.7. The predicted octanol–water partition coefficient (Wildman–Crippen LogP) is 4.15. The van der Waals surface area contributed by atoms with Crippen LogP contribution in [0.5, 0.6) is 0 Å². The number of primary amides is 1. The lowest BCUT2D eigenvalue weighted by Gasteiger charge is -2.10. The number of nitrogens with two attached hydrogens (primary N) is 1. The lowest BCUT2D eigenvalue weighted by Crippen LogP contribution is -2.13. The molecule has 0 aliphatic heterocycles. The third kappa shape index (κ3) is 4.11. The number of aryl methyl sites for hydroxylation is 2. The van der Waals surface area contributed by atoms with Crippen molar-refractivity contribution in [3.05, 3.63) is 62.7 Å². The second kappa shape index (κ2) is 7.42. The van der Waals surface area contributed by atoms with Gasteiger partial charge in [0, 0.05) is 33.9 Å². The number of benzene rings is 1. The molecule has 0 spiro atoms. The van der Waals surface area contributed by atoms with Crippen molar-refractivity contribution < 1.29 is 4.79 Å². The van der Waals surface area contributed by atoms with E-state index in [0.29, 0.717) is 0 Å². The van der Waals surface area contributed by atoms with Crippen LogP contribution in [0.25, 0.3) is 11.3 Å². The molecule has 1 aromatic carbocycles. The number of amides is 1. The summed E-state index contributed by atoms with van der Waals surface area (Å²) in [5.74, 6) is -0.352. The zero-order valence-electron chi connectivity index (χ0n) is 14.3. The van der Waals surface area contributed by atoms with Gasteiger partial charge in [-0.05, 0) is 44.0 Å². The Bertz CT molecular complexity index is 896. The van der Waals surface area contributed by atoms with Crippen LogP contribution in [0, 0.1) is 13.8 Å². The Labute approximate surface area is 156 Å². The molecule has 2 heterocycles. The molecule has 2 aromatic heterocycles. The minimum atomic E-state index is -0.352. The number of carbonyl (C=O) groups is 1. The second-order valence-corrected chi connectivity index (χ2v) is 7.46. The molecule has 0 saturated carbocycles. The highest BCUT2D eigenvalue weighted by molar-refractivity contribution is 7.10. The summed E-state index contributed by atoms with van der Waals surface area (Å²) in [5.41, 5.74) is 10.9. The highest BCUT2D eigenvalue weighted by Gasteiger charge is 2.14. The molecule has 0 fully saturated rings. The third-order valence-electron chi connectivity index (χ3n) is 4.26. The predicted molar refractivity (Wildman–Crippen MR) is 103 cm³/mol. The van der Waals surface area contributed by atoms with Gasteiger partial charge in [-0.15, -0.1) is 11.3 Å². The largest absolute Gasteiger partial charge is 0.369 e. The number of carbonyl (C=O) groups excluding carboxylic acids is 1. The highest BCUT2D eigenvalue weighted by Crippen LogP contribution is 2.28. The molecule has 25 heavy (non-hydrogen) atoms. The molecule has 0 aliphatic rings. The van der Waals surface area contributed by atoms with E-state index in [1.54, 1.807) is 0 Å². The Morgan fingerprint density at radius 2 is 2.00 bits per heavy atom. The van der Waals surface area contributed by atoms with Crippen molar-refractivity contribution >= 4 is 28.8 Å². The number of nitrogens with zero attached hydrogens (tertiary/aromatic N) is 2. The van der Waals surface area contributed by atoms with Crippen LogP contribution >= 0.6 is 22.9 Å². The van der Waals surface area contributed by atoms with Gasteiger partial charge in [-0.1, -0.05) is 23.7 Å². The van der Waals surface area contributed by atoms with Crippen LogP contribution in [-0.4, -0.2) is 15.5 Å². The van der Waals surface area contributed by atoms with E-state index in [1.165, 1.54) is 28.3 Å². The van der Waals surface area contributed by atoms with Crippen molar-refractivity contribution in [3.63, 3.8) is 0 Å². The van der Waals surface area contributed by atoms with E-state index in [2.05, 4.69) is 41.6 Å². The minimum absolute atomic E-state index is 0.194. The van der Waals surface area contributed by atoms with E-state index in [0.717, 1.165) is 34.3 Å². The minimum Gasteiger partial charge on any atom is -0.369 e. The van der Waals surface area contributed by atoms with E-state index in [-0.39, 0.29) is 12.3 Å². The van der Waals surface area contributed by atoms with Crippen molar-refractivity contribution in [3.8, 4) is 11.3 Å². The fraction of sp³-hybridized carbons (Fsp3) is 0.263. The van der Waals surface area contributed by atoms with Gasteiger partial charge in [-0.25, -0.2) is 4.98 Å². The van der Waals surface area contributed by atoms with Crippen LogP contribution in [0.3, 0.4) is 0 Å². The monoisotopic (exact) mass is 373 g/mol. The zero-order chi connectivity index (χ0) is 18.0. The molecule has 0 unspecified atom stereocenters. The zero-order valence-corrected chi connectivity index (χ0v) is 15.8. The van der Waals surface area contributed by atoms with E-state index < -0.39 is 0 Å². The van der Waals surface area contributed by atoms with E-state index in [1.807, 2.05) is 17.5 Å². The van der Waals surface area contributed by atoms with Gasteiger partial charge >= 0.3 is 0 Å². The molecule has 0 saturated heterocycles. The maximum atomic E-state index is 11.1. The molecule has 0 radical (unpaired) electrons. The van der Waals surface area contributed by atoms with E-state index in [4.69, 9.17) is 17.3 Å². The Morgan fingerprint density at radius 3 is 2.68 bits per heavy atom. The van der Waals surface area contributed by atoms with Crippen molar-refractivity contribution in [2.45, 2.75) is 33.2 Å². The molecule has 0 atom stereocenters. The average molecular weight is 374 g/mol. The van der Waals surface area contributed by atoms with Gasteiger partial charge in [-0.2, -0.15) is 0 Å². The molecule has 130 valence electrons. The van der Waals surface area contributed by atoms with Gasteiger partial charge in [-0.3, -0.25) is 4.79 Å². The van der Waals surface area contributed by atoms with Crippen LogP contribution in [0.2, 0.25) is 5.02 Å². The molecule has 6 heteroatoms. The Balaban J connectivity index is 1.79. The highest BCUT2D eigenvalue weighted by atomic mass is 35.5. The molecule has 0 aliphatic carbocycles. The van der Waals surface area contributed by atoms with E-state index >= 15 is 0 Å². The SMILES string of the molecule is Cc1cc(-c2csc(CC(N)=O)n2)c(C)n1CCc1ccc(Cl)cc1. The average Bonchev–Trinajstić information content (AvgIpc) is 3.11. The van der Waals surface area contributed by atoms with Crippen LogP contribution in [0.4, 0.5) is 0 Å². The molecule has 2 N–H and O–H groups in total. The fourth-order valence-electron chi connectivity index (χ4n) is 2.96. The van der Waals surface area contributed by atoms with Crippen molar-refractivity contribution in [2.24, 2.45) is 5.73 Å². The number of halogens is 1. The topological polar surface area (TPSA) is 60.9 Å². The summed E-state index contributed by atoms with van der Waals surface area (Å²) in [6.45, 7) is 5.12. The Kier molecular flexibility index (Phi) is 5.25. The number of rotatable bonds is 6. The van der Waals surface area contributed by atoms with Gasteiger partial charge in [0.05, 0.1) is 12.1 Å². The molecule has 1 amide bonds. The van der Waals surface area contributed by atoms with Crippen LogP contribution in [0.1, 0.15) is 22.0 Å². The third-order valence-corrected chi connectivity index (χ3v) is 5.36. The number of aromatic nitrogens is 2. The lowest BCUT2D eigenvalue weighted by atomic mass is 10.1. The van der Waals surface area contributed by atoms with Crippen LogP contribution in [-0.2, 0) is 24.2 Å². The Morgan fingerprint density at radius 1 is 1.28 bits per heavy atom. The summed E-state index contributed by atoms with van der Waals surface area (Å²) >= 11 is 7.42. The van der Waals surface area contributed by atoms with Gasteiger partial charge in [0.2, 0.25) is 5.91 Å². The normalized spacial score (nSPS) is 11.0. The van der Waals surface area contributed by atoms with Gasteiger partial charge in [0.25, 0.3) is 0 Å². The summed E-state index contributed by atoms with van der Waals surface area (Å²) in [4.78, 5) is 15.6. The van der Waals surface area contributed by atoms with Gasteiger partial charge in [0.15, 0.2) is 0 Å². The van der Waals surface area contributed by atoms with Crippen molar-refractivity contribution in [1.29, 1.82) is 0 Å². The molecule has 3 rings (SSSR count). The van der Waals surface area contributed by atoms with Gasteiger partial charge in [0.1, 0.15) is 5.01 Å². The smallest absolute Gasteiger partial charge is 0.224 e. The van der Waals surface area contributed by atoms with E-state index in [9.17, 15) is 4.79 Å². The van der Waals surface area contributed by atoms with Crippen LogP contribution < -0.4 is 5.73 Å². The van der Waals surface area contributed by atoms with Crippen molar-refractivity contribution in [1.82, 2.24) is 9.55 Å².